The predicted molar refractivity (Wildman–Crippen MR) is 141 cm³/mol. The van der Waals surface area contributed by atoms with Gasteiger partial charge < -0.3 is 0 Å². The van der Waals surface area contributed by atoms with Crippen LogP contribution in [-0.4, -0.2) is 13.0 Å². The summed E-state index contributed by atoms with van der Waals surface area (Å²) < 4.78 is 32.3. The van der Waals surface area contributed by atoms with Crippen molar-refractivity contribution in [2.45, 2.75) is 24.4 Å². The third-order valence-electron chi connectivity index (χ3n) is 6.04. The quantitative estimate of drug-likeness (QED) is 0.321. The number of rotatable bonds is 7. The molecule has 0 bridgehead atoms. The van der Waals surface area contributed by atoms with E-state index in [1.54, 1.807) is 22.8 Å². The standard InChI is InChI=1S/C28H24N2O3S2/c1-20-10-8-9-15-24(20)27(22-13-6-3-7-14-22)29-35(32,33)23-16-17-25-26(18-23)34-28(31)30(25)19-21-11-4-2-5-12-21/h2-18,27,29H,19H2,1H3/t27-/m1/s1. The number of aryl methyl sites for hydroxylation is 1. The second kappa shape index (κ2) is 9.62. The van der Waals surface area contributed by atoms with Gasteiger partial charge in [0.25, 0.3) is 0 Å². The summed E-state index contributed by atoms with van der Waals surface area (Å²) in [6, 6.07) is 31.3. The van der Waals surface area contributed by atoms with E-state index in [4.69, 9.17) is 0 Å². The van der Waals surface area contributed by atoms with Crippen LogP contribution in [0.1, 0.15) is 28.3 Å². The van der Waals surface area contributed by atoms with Gasteiger partial charge in [-0.15, -0.1) is 0 Å². The Bertz CT molecular complexity index is 1640. The maximum absolute atomic E-state index is 13.5. The number of thiazole rings is 1. The molecule has 1 N–H and O–H groups in total. The summed E-state index contributed by atoms with van der Waals surface area (Å²) in [5, 5.41) is 0. The van der Waals surface area contributed by atoms with E-state index in [0.29, 0.717) is 11.2 Å². The first-order chi connectivity index (χ1) is 16.9. The number of aromatic nitrogens is 1. The van der Waals surface area contributed by atoms with E-state index in [9.17, 15) is 13.2 Å². The summed E-state index contributed by atoms with van der Waals surface area (Å²) in [7, 11) is -3.88. The van der Waals surface area contributed by atoms with E-state index in [-0.39, 0.29) is 9.77 Å². The van der Waals surface area contributed by atoms with Gasteiger partial charge in [0.2, 0.25) is 10.0 Å². The van der Waals surface area contributed by atoms with E-state index in [2.05, 4.69) is 4.72 Å². The molecule has 0 spiro atoms. The lowest BCUT2D eigenvalue weighted by molar-refractivity contribution is 0.572. The molecule has 5 aromatic rings. The lowest BCUT2D eigenvalue weighted by Gasteiger charge is -2.21. The van der Waals surface area contributed by atoms with Crippen molar-refractivity contribution in [3.63, 3.8) is 0 Å². The fraction of sp³-hybridized carbons (Fsp3) is 0.107. The highest BCUT2D eigenvalue weighted by molar-refractivity contribution is 7.89. The predicted octanol–water partition coefficient (Wildman–Crippen LogP) is 5.49. The van der Waals surface area contributed by atoms with Gasteiger partial charge in [-0.3, -0.25) is 9.36 Å². The molecular formula is C28H24N2O3S2. The number of nitrogens with one attached hydrogen (secondary N) is 1. The molecule has 1 aromatic heterocycles. The molecule has 35 heavy (non-hydrogen) atoms. The monoisotopic (exact) mass is 500 g/mol. The molecule has 7 heteroatoms. The van der Waals surface area contributed by atoms with Crippen molar-refractivity contribution in [1.29, 1.82) is 0 Å². The fourth-order valence-electron chi connectivity index (χ4n) is 4.22. The molecule has 0 aliphatic rings. The summed E-state index contributed by atoms with van der Waals surface area (Å²) in [5.74, 6) is 0. The first kappa shape index (κ1) is 23.2. The summed E-state index contributed by atoms with van der Waals surface area (Å²) in [4.78, 5) is 12.7. The van der Waals surface area contributed by atoms with E-state index < -0.39 is 16.1 Å². The fourth-order valence-corrected chi connectivity index (χ4v) is 6.45. The molecule has 0 fully saturated rings. The van der Waals surface area contributed by atoms with E-state index in [0.717, 1.165) is 39.1 Å². The Balaban J connectivity index is 1.52. The van der Waals surface area contributed by atoms with E-state index in [1.165, 1.54) is 0 Å². The van der Waals surface area contributed by atoms with Crippen LogP contribution in [0, 0.1) is 6.92 Å². The van der Waals surface area contributed by atoms with Crippen LogP contribution in [0.5, 0.6) is 0 Å². The van der Waals surface area contributed by atoms with Crippen LogP contribution in [-0.2, 0) is 16.6 Å². The highest BCUT2D eigenvalue weighted by Gasteiger charge is 2.25. The summed E-state index contributed by atoms with van der Waals surface area (Å²) in [6.45, 7) is 2.41. The van der Waals surface area contributed by atoms with Gasteiger partial charge >= 0.3 is 4.87 Å². The Morgan fingerprint density at radius 3 is 2.23 bits per heavy atom. The lowest BCUT2D eigenvalue weighted by atomic mass is 9.96. The molecule has 0 aliphatic carbocycles. The SMILES string of the molecule is Cc1ccccc1[C@H](NS(=O)(=O)c1ccc2c(c1)sc(=O)n2Cc1ccccc1)c1ccccc1. The van der Waals surface area contributed by atoms with Crippen LogP contribution in [0.25, 0.3) is 10.2 Å². The summed E-state index contributed by atoms with van der Waals surface area (Å²) >= 11 is 1.06. The minimum Gasteiger partial charge on any atom is -0.294 e. The van der Waals surface area contributed by atoms with Crippen molar-refractivity contribution in [1.82, 2.24) is 9.29 Å². The number of benzene rings is 4. The molecular weight excluding hydrogens is 476 g/mol. The summed E-state index contributed by atoms with van der Waals surface area (Å²) in [5.41, 5.74) is 4.47. The highest BCUT2D eigenvalue weighted by atomic mass is 32.2. The van der Waals surface area contributed by atoms with Gasteiger partial charge in [-0.05, 0) is 47.4 Å². The number of hydrogen-bond acceptors (Lipinski definition) is 4. The second-order valence-corrected chi connectivity index (χ2v) is 11.1. The average Bonchev–Trinajstić information content (AvgIpc) is 3.18. The summed E-state index contributed by atoms with van der Waals surface area (Å²) in [6.07, 6.45) is 0. The molecule has 0 amide bonds. The van der Waals surface area contributed by atoms with Gasteiger partial charge in [-0.1, -0.05) is 96.3 Å². The molecule has 0 aliphatic heterocycles. The van der Waals surface area contributed by atoms with Crippen LogP contribution < -0.4 is 9.60 Å². The normalized spacial score (nSPS) is 12.6. The van der Waals surface area contributed by atoms with Crippen molar-refractivity contribution in [2.24, 2.45) is 0 Å². The topological polar surface area (TPSA) is 68.2 Å². The number of fused-ring (bicyclic) bond motifs is 1. The lowest BCUT2D eigenvalue weighted by Crippen LogP contribution is -2.30. The number of sulfonamides is 1. The van der Waals surface area contributed by atoms with E-state index in [1.807, 2.05) is 91.9 Å². The molecule has 0 saturated heterocycles. The second-order valence-electron chi connectivity index (χ2n) is 8.39. The number of nitrogens with zero attached hydrogens (tertiary/aromatic N) is 1. The molecule has 0 unspecified atom stereocenters. The maximum atomic E-state index is 13.5. The molecule has 176 valence electrons. The average molecular weight is 501 g/mol. The largest absolute Gasteiger partial charge is 0.308 e. The third-order valence-corrected chi connectivity index (χ3v) is 8.40. The van der Waals surface area contributed by atoms with Crippen molar-refractivity contribution in [2.75, 3.05) is 0 Å². The van der Waals surface area contributed by atoms with Crippen LogP contribution in [0.15, 0.2) is 113 Å². The molecule has 5 nitrogen and oxygen atoms in total. The minimum absolute atomic E-state index is 0.117. The van der Waals surface area contributed by atoms with Crippen molar-refractivity contribution >= 4 is 31.6 Å². The Morgan fingerprint density at radius 2 is 1.51 bits per heavy atom. The molecule has 1 heterocycles. The van der Waals surface area contributed by atoms with Crippen molar-refractivity contribution < 1.29 is 8.42 Å². The van der Waals surface area contributed by atoms with Gasteiger partial charge in [0.05, 0.1) is 27.7 Å². The van der Waals surface area contributed by atoms with E-state index >= 15 is 0 Å². The Hall–Kier alpha value is -3.52. The molecule has 1 atom stereocenters. The Morgan fingerprint density at radius 1 is 0.857 bits per heavy atom. The molecule has 0 radical (unpaired) electrons. The van der Waals surface area contributed by atoms with Crippen molar-refractivity contribution in [3.8, 4) is 0 Å². The van der Waals surface area contributed by atoms with Crippen LogP contribution in [0.2, 0.25) is 0 Å². The molecule has 0 saturated carbocycles. The van der Waals surface area contributed by atoms with Gasteiger partial charge in [0.15, 0.2) is 0 Å². The van der Waals surface area contributed by atoms with Gasteiger partial charge in [0, 0.05) is 0 Å². The zero-order chi connectivity index (χ0) is 24.4. The van der Waals surface area contributed by atoms with Crippen LogP contribution in [0.3, 0.4) is 0 Å². The van der Waals surface area contributed by atoms with Crippen LogP contribution >= 0.6 is 11.3 Å². The minimum atomic E-state index is -3.88. The van der Waals surface area contributed by atoms with Gasteiger partial charge in [-0.2, -0.15) is 4.72 Å². The molecule has 5 rings (SSSR count). The first-order valence-electron chi connectivity index (χ1n) is 11.2. The van der Waals surface area contributed by atoms with Crippen molar-refractivity contribution in [3.05, 3.63) is 135 Å². The first-order valence-corrected chi connectivity index (χ1v) is 13.5. The van der Waals surface area contributed by atoms with Gasteiger partial charge in [0.1, 0.15) is 0 Å². The smallest absolute Gasteiger partial charge is 0.294 e. The Labute approximate surface area is 208 Å². The van der Waals surface area contributed by atoms with Gasteiger partial charge in [-0.25, -0.2) is 8.42 Å². The molecule has 4 aromatic carbocycles. The zero-order valence-corrected chi connectivity index (χ0v) is 20.7. The number of hydrogen-bond donors (Lipinski definition) is 1. The zero-order valence-electron chi connectivity index (χ0n) is 19.1. The van der Waals surface area contributed by atoms with Crippen LogP contribution in [0.4, 0.5) is 0 Å². The Kier molecular flexibility index (Phi) is 6.38. The highest BCUT2D eigenvalue weighted by Crippen LogP contribution is 2.28. The maximum Gasteiger partial charge on any atom is 0.308 e. The third kappa shape index (κ3) is 4.84.